The minimum atomic E-state index is -4.46. The summed E-state index contributed by atoms with van der Waals surface area (Å²) in [6.07, 6.45) is -3.37. The first-order valence-corrected chi connectivity index (χ1v) is 8.56. The normalized spacial score (nSPS) is 11.8. The zero-order valence-corrected chi connectivity index (χ0v) is 14.6. The van der Waals surface area contributed by atoms with E-state index >= 15 is 0 Å². The molecule has 0 bridgehead atoms. The monoisotopic (exact) mass is 384 g/mol. The SMILES string of the molecule is O=C(Cc1cccc2ccccc12)NCc1nnc2ccc(C(F)(F)F)cn12. The number of alkyl halides is 3. The van der Waals surface area contributed by atoms with Gasteiger partial charge in [0, 0.05) is 6.20 Å². The maximum absolute atomic E-state index is 12.9. The number of rotatable bonds is 4. The largest absolute Gasteiger partial charge is 0.417 e. The van der Waals surface area contributed by atoms with E-state index in [0.29, 0.717) is 0 Å². The third-order valence-corrected chi connectivity index (χ3v) is 4.47. The molecule has 0 aliphatic carbocycles. The van der Waals surface area contributed by atoms with Crippen LogP contribution in [0.25, 0.3) is 16.4 Å². The molecule has 0 saturated carbocycles. The number of nitrogens with zero attached hydrogens (tertiary/aromatic N) is 3. The first kappa shape index (κ1) is 18.0. The van der Waals surface area contributed by atoms with Gasteiger partial charge in [-0.3, -0.25) is 9.20 Å². The molecule has 0 atom stereocenters. The van der Waals surface area contributed by atoms with E-state index in [1.807, 2.05) is 42.5 Å². The first-order chi connectivity index (χ1) is 13.4. The van der Waals surface area contributed by atoms with Gasteiger partial charge in [0.2, 0.25) is 5.91 Å². The second-order valence-corrected chi connectivity index (χ2v) is 6.35. The van der Waals surface area contributed by atoms with Gasteiger partial charge in [-0.15, -0.1) is 10.2 Å². The fourth-order valence-electron chi connectivity index (χ4n) is 3.09. The van der Waals surface area contributed by atoms with Crippen LogP contribution in [0.5, 0.6) is 0 Å². The Morgan fingerprint density at radius 2 is 1.79 bits per heavy atom. The minimum absolute atomic E-state index is 0.0217. The molecule has 0 fully saturated rings. The van der Waals surface area contributed by atoms with Crippen molar-refractivity contribution in [1.29, 1.82) is 0 Å². The molecule has 0 unspecified atom stereocenters. The first-order valence-electron chi connectivity index (χ1n) is 8.56. The summed E-state index contributed by atoms with van der Waals surface area (Å²) in [7, 11) is 0. The highest BCUT2D eigenvalue weighted by molar-refractivity contribution is 5.90. The van der Waals surface area contributed by atoms with Crippen LogP contribution >= 0.6 is 0 Å². The minimum Gasteiger partial charge on any atom is -0.348 e. The summed E-state index contributed by atoms with van der Waals surface area (Å²) in [4.78, 5) is 12.4. The molecular formula is C20H15F3N4O. The van der Waals surface area contributed by atoms with Gasteiger partial charge in [0.15, 0.2) is 11.5 Å². The molecule has 8 heteroatoms. The van der Waals surface area contributed by atoms with Crippen molar-refractivity contribution in [2.75, 3.05) is 0 Å². The average molecular weight is 384 g/mol. The van der Waals surface area contributed by atoms with E-state index in [-0.39, 0.29) is 30.3 Å². The van der Waals surface area contributed by atoms with Gasteiger partial charge in [-0.25, -0.2) is 0 Å². The molecule has 142 valence electrons. The van der Waals surface area contributed by atoms with Crippen LogP contribution in [-0.2, 0) is 23.9 Å². The van der Waals surface area contributed by atoms with Crippen LogP contribution in [0, 0.1) is 0 Å². The van der Waals surface area contributed by atoms with Gasteiger partial charge in [-0.2, -0.15) is 13.2 Å². The number of benzene rings is 2. The van der Waals surface area contributed by atoms with Crippen molar-refractivity contribution < 1.29 is 18.0 Å². The van der Waals surface area contributed by atoms with E-state index in [0.717, 1.165) is 28.6 Å². The molecule has 0 radical (unpaired) electrons. The van der Waals surface area contributed by atoms with E-state index in [2.05, 4.69) is 15.5 Å². The summed E-state index contributed by atoms with van der Waals surface area (Å²) in [6.45, 7) is -0.0217. The zero-order chi connectivity index (χ0) is 19.7. The number of halogens is 3. The highest BCUT2D eigenvalue weighted by Crippen LogP contribution is 2.29. The molecule has 2 heterocycles. The Balaban J connectivity index is 1.50. The van der Waals surface area contributed by atoms with Crippen LogP contribution in [-0.4, -0.2) is 20.5 Å². The third kappa shape index (κ3) is 3.53. The van der Waals surface area contributed by atoms with Crippen LogP contribution < -0.4 is 5.32 Å². The second-order valence-electron chi connectivity index (χ2n) is 6.35. The highest BCUT2D eigenvalue weighted by Gasteiger charge is 2.31. The summed E-state index contributed by atoms with van der Waals surface area (Å²) in [5.74, 6) is -0.0209. The van der Waals surface area contributed by atoms with Gasteiger partial charge in [0.1, 0.15) is 0 Å². The van der Waals surface area contributed by atoms with E-state index in [9.17, 15) is 18.0 Å². The number of fused-ring (bicyclic) bond motifs is 2. The van der Waals surface area contributed by atoms with Crippen molar-refractivity contribution in [3.05, 3.63) is 77.7 Å². The van der Waals surface area contributed by atoms with Crippen molar-refractivity contribution in [1.82, 2.24) is 19.9 Å². The lowest BCUT2D eigenvalue weighted by molar-refractivity contribution is -0.137. The number of pyridine rings is 1. The molecule has 2 aromatic heterocycles. The quantitative estimate of drug-likeness (QED) is 0.583. The smallest absolute Gasteiger partial charge is 0.348 e. The summed E-state index contributed by atoms with van der Waals surface area (Å²) < 4.78 is 40.0. The van der Waals surface area contributed by atoms with Gasteiger partial charge < -0.3 is 5.32 Å². The van der Waals surface area contributed by atoms with E-state index in [1.165, 1.54) is 10.5 Å². The predicted molar refractivity (Wildman–Crippen MR) is 97.5 cm³/mol. The van der Waals surface area contributed by atoms with Crippen LogP contribution in [0.2, 0.25) is 0 Å². The van der Waals surface area contributed by atoms with E-state index in [1.54, 1.807) is 0 Å². The van der Waals surface area contributed by atoms with Gasteiger partial charge in [-0.05, 0) is 28.5 Å². The molecule has 0 spiro atoms. The van der Waals surface area contributed by atoms with E-state index in [4.69, 9.17) is 0 Å². The van der Waals surface area contributed by atoms with Crippen molar-refractivity contribution in [3.8, 4) is 0 Å². The number of nitrogens with one attached hydrogen (secondary N) is 1. The third-order valence-electron chi connectivity index (χ3n) is 4.47. The molecular weight excluding hydrogens is 369 g/mol. The van der Waals surface area contributed by atoms with Gasteiger partial charge in [-0.1, -0.05) is 42.5 Å². The maximum Gasteiger partial charge on any atom is 0.417 e. The average Bonchev–Trinajstić information content (AvgIpc) is 3.08. The van der Waals surface area contributed by atoms with E-state index < -0.39 is 11.7 Å². The number of carbonyl (C=O) groups excluding carboxylic acids is 1. The Labute approximate surface area is 157 Å². The van der Waals surface area contributed by atoms with Crippen molar-refractivity contribution in [3.63, 3.8) is 0 Å². The fraction of sp³-hybridized carbons (Fsp3) is 0.150. The molecule has 4 rings (SSSR count). The number of carbonyl (C=O) groups is 1. The Bertz CT molecular complexity index is 1160. The number of aromatic nitrogens is 3. The van der Waals surface area contributed by atoms with Crippen LogP contribution in [0.1, 0.15) is 17.0 Å². The lowest BCUT2D eigenvalue weighted by Gasteiger charge is -2.09. The standard InChI is InChI=1S/C20H15F3N4O/c21-20(22,23)15-8-9-17-25-26-18(27(17)12-15)11-24-19(28)10-14-6-3-5-13-4-1-2-7-16(13)14/h1-9,12H,10-11H2,(H,24,28). The topological polar surface area (TPSA) is 59.3 Å². The van der Waals surface area contributed by atoms with Crippen LogP contribution in [0.15, 0.2) is 60.8 Å². The van der Waals surface area contributed by atoms with Gasteiger partial charge in [0.25, 0.3) is 0 Å². The molecule has 1 N–H and O–H groups in total. The van der Waals surface area contributed by atoms with Crippen molar-refractivity contribution >= 4 is 22.3 Å². The fourth-order valence-corrected chi connectivity index (χ4v) is 3.09. The Hall–Kier alpha value is -3.42. The number of amides is 1. The molecule has 0 aliphatic rings. The van der Waals surface area contributed by atoms with Crippen LogP contribution in [0.3, 0.4) is 0 Å². The Kier molecular flexibility index (Phi) is 4.46. The molecule has 1 amide bonds. The zero-order valence-electron chi connectivity index (χ0n) is 14.6. The van der Waals surface area contributed by atoms with Crippen LogP contribution in [0.4, 0.5) is 13.2 Å². The molecule has 2 aromatic carbocycles. The summed E-state index contributed by atoms with van der Waals surface area (Å²) >= 11 is 0. The highest BCUT2D eigenvalue weighted by atomic mass is 19.4. The molecule has 4 aromatic rings. The lowest BCUT2D eigenvalue weighted by Crippen LogP contribution is -2.25. The van der Waals surface area contributed by atoms with Gasteiger partial charge in [0.05, 0.1) is 18.5 Å². The number of hydrogen-bond acceptors (Lipinski definition) is 3. The maximum atomic E-state index is 12.9. The molecule has 0 aliphatic heterocycles. The summed E-state index contributed by atoms with van der Waals surface area (Å²) in [6, 6.07) is 15.7. The number of hydrogen-bond donors (Lipinski definition) is 1. The predicted octanol–water partition coefficient (Wildman–Crippen LogP) is 3.76. The summed E-state index contributed by atoms with van der Waals surface area (Å²) in [5.41, 5.74) is 0.357. The van der Waals surface area contributed by atoms with Crippen molar-refractivity contribution in [2.24, 2.45) is 0 Å². The molecule has 0 saturated heterocycles. The lowest BCUT2D eigenvalue weighted by atomic mass is 10.0. The molecule has 5 nitrogen and oxygen atoms in total. The van der Waals surface area contributed by atoms with Crippen molar-refractivity contribution in [2.45, 2.75) is 19.1 Å². The Morgan fingerprint density at radius 1 is 1.00 bits per heavy atom. The second kappa shape index (κ2) is 6.95. The Morgan fingerprint density at radius 3 is 2.61 bits per heavy atom. The molecule has 28 heavy (non-hydrogen) atoms. The van der Waals surface area contributed by atoms with Gasteiger partial charge >= 0.3 is 6.18 Å². The summed E-state index contributed by atoms with van der Waals surface area (Å²) in [5, 5.41) is 12.4.